The maximum atomic E-state index is 9.04. The third-order valence-corrected chi connectivity index (χ3v) is 1.78. The van der Waals surface area contributed by atoms with E-state index in [4.69, 9.17) is 10.4 Å². The molecule has 0 unspecified atom stereocenters. The second kappa shape index (κ2) is 4.58. The van der Waals surface area contributed by atoms with Crippen LogP contribution in [0.5, 0.6) is 0 Å². The quantitative estimate of drug-likeness (QED) is 0.749. The van der Waals surface area contributed by atoms with Crippen LogP contribution < -0.4 is 5.32 Å². The van der Waals surface area contributed by atoms with Gasteiger partial charge in [-0.15, -0.1) is 0 Å². The van der Waals surface area contributed by atoms with Crippen molar-refractivity contribution in [3.8, 4) is 6.07 Å². The first-order chi connectivity index (χ1) is 6.63. The lowest BCUT2D eigenvalue weighted by Gasteiger charge is -2.08. The molecule has 74 valence electrons. The van der Waals surface area contributed by atoms with Crippen molar-refractivity contribution in [2.45, 2.75) is 20.0 Å². The van der Waals surface area contributed by atoms with Gasteiger partial charge in [-0.05, 0) is 25.5 Å². The largest absolute Gasteiger partial charge is 0.392 e. The summed E-state index contributed by atoms with van der Waals surface area (Å²) in [6, 6.07) is 5.63. The van der Waals surface area contributed by atoms with Crippen LogP contribution in [0.25, 0.3) is 0 Å². The number of aromatic nitrogens is 1. The Morgan fingerprint density at radius 3 is 2.93 bits per heavy atom. The van der Waals surface area contributed by atoms with Crippen molar-refractivity contribution in [3.05, 3.63) is 23.4 Å². The van der Waals surface area contributed by atoms with Crippen LogP contribution in [-0.2, 0) is 0 Å². The zero-order valence-corrected chi connectivity index (χ0v) is 8.28. The summed E-state index contributed by atoms with van der Waals surface area (Å²) in [6.45, 7) is 3.96. The van der Waals surface area contributed by atoms with Gasteiger partial charge in [-0.2, -0.15) is 5.26 Å². The van der Waals surface area contributed by atoms with E-state index in [0.717, 1.165) is 5.56 Å². The summed E-state index contributed by atoms with van der Waals surface area (Å²) in [5, 5.41) is 20.7. The summed E-state index contributed by atoms with van der Waals surface area (Å²) in [6.07, 6.45) is -0.427. The first kappa shape index (κ1) is 10.5. The number of aliphatic hydroxyl groups is 1. The summed E-state index contributed by atoms with van der Waals surface area (Å²) in [4.78, 5) is 4.08. The first-order valence-electron chi connectivity index (χ1n) is 4.43. The van der Waals surface area contributed by atoms with Crippen molar-refractivity contribution in [2.24, 2.45) is 0 Å². The molecule has 1 rings (SSSR count). The van der Waals surface area contributed by atoms with Crippen molar-refractivity contribution >= 4 is 5.82 Å². The highest BCUT2D eigenvalue weighted by atomic mass is 16.3. The minimum atomic E-state index is -0.427. The Kier molecular flexibility index (Phi) is 3.43. The van der Waals surface area contributed by atoms with Gasteiger partial charge in [0.2, 0.25) is 0 Å². The molecule has 14 heavy (non-hydrogen) atoms. The molecule has 0 saturated carbocycles. The molecule has 2 N–H and O–H groups in total. The van der Waals surface area contributed by atoms with Crippen LogP contribution >= 0.6 is 0 Å². The third kappa shape index (κ3) is 2.71. The third-order valence-electron chi connectivity index (χ3n) is 1.78. The number of aryl methyl sites for hydroxylation is 1. The zero-order chi connectivity index (χ0) is 10.6. The Morgan fingerprint density at radius 1 is 1.64 bits per heavy atom. The highest BCUT2D eigenvalue weighted by Gasteiger charge is 2.01. The van der Waals surface area contributed by atoms with Gasteiger partial charge in [-0.1, -0.05) is 6.07 Å². The molecule has 4 nitrogen and oxygen atoms in total. The standard InChI is InChI=1S/C10H13N3O/c1-7-3-4-10(12-6-8(2)14)13-9(7)5-11/h3-4,8,14H,6H2,1-2H3,(H,12,13)/t8-/m0/s1. The van der Waals surface area contributed by atoms with Crippen molar-refractivity contribution in [2.75, 3.05) is 11.9 Å². The number of nitrogens with zero attached hydrogens (tertiary/aromatic N) is 2. The molecule has 1 heterocycles. The number of anilines is 1. The highest BCUT2D eigenvalue weighted by Crippen LogP contribution is 2.08. The lowest BCUT2D eigenvalue weighted by Crippen LogP contribution is -2.16. The maximum Gasteiger partial charge on any atom is 0.145 e. The number of hydrogen-bond donors (Lipinski definition) is 2. The number of nitrogens with one attached hydrogen (secondary N) is 1. The molecule has 4 heteroatoms. The minimum absolute atomic E-state index is 0.417. The van der Waals surface area contributed by atoms with Crippen LogP contribution in [0.4, 0.5) is 5.82 Å². The summed E-state index contributed by atoms with van der Waals surface area (Å²) in [5.41, 5.74) is 1.27. The van der Waals surface area contributed by atoms with E-state index in [1.54, 1.807) is 13.0 Å². The second-order valence-electron chi connectivity index (χ2n) is 3.20. The van der Waals surface area contributed by atoms with Gasteiger partial charge in [-0.25, -0.2) is 4.98 Å². The lowest BCUT2D eigenvalue weighted by atomic mass is 10.2. The fourth-order valence-electron chi connectivity index (χ4n) is 0.993. The van der Waals surface area contributed by atoms with Gasteiger partial charge in [0.1, 0.15) is 17.6 Å². The molecule has 0 aliphatic carbocycles. The fourth-order valence-corrected chi connectivity index (χ4v) is 0.993. The first-order valence-corrected chi connectivity index (χ1v) is 4.43. The summed E-state index contributed by atoms with van der Waals surface area (Å²) in [7, 11) is 0. The number of aliphatic hydroxyl groups excluding tert-OH is 1. The molecule has 0 saturated heterocycles. The number of rotatable bonds is 3. The van der Waals surface area contributed by atoms with Gasteiger partial charge in [0.05, 0.1) is 6.10 Å². The molecule has 0 aliphatic heterocycles. The van der Waals surface area contributed by atoms with Gasteiger partial charge < -0.3 is 10.4 Å². The summed E-state index contributed by atoms with van der Waals surface area (Å²) in [5.74, 6) is 0.619. The van der Waals surface area contributed by atoms with E-state index < -0.39 is 6.10 Å². The molecule has 1 aromatic rings. The van der Waals surface area contributed by atoms with Gasteiger partial charge in [-0.3, -0.25) is 0 Å². The lowest BCUT2D eigenvalue weighted by molar-refractivity contribution is 0.208. The van der Waals surface area contributed by atoms with Crippen molar-refractivity contribution < 1.29 is 5.11 Å². The van der Waals surface area contributed by atoms with Gasteiger partial charge in [0.15, 0.2) is 0 Å². The average Bonchev–Trinajstić information content (AvgIpc) is 2.16. The van der Waals surface area contributed by atoms with E-state index in [9.17, 15) is 0 Å². The monoisotopic (exact) mass is 191 g/mol. The Morgan fingerprint density at radius 2 is 2.36 bits per heavy atom. The Hall–Kier alpha value is -1.60. The van der Waals surface area contributed by atoms with E-state index in [-0.39, 0.29) is 0 Å². The molecular formula is C10H13N3O. The molecule has 0 aromatic carbocycles. The van der Waals surface area contributed by atoms with Crippen LogP contribution in [0.15, 0.2) is 12.1 Å². The van der Waals surface area contributed by atoms with Gasteiger partial charge in [0.25, 0.3) is 0 Å². The average molecular weight is 191 g/mol. The topological polar surface area (TPSA) is 68.9 Å². The van der Waals surface area contributed by atoms with E-state index in [1.165, 1.54) is 0 Å². The summed E-state index contributed by atoms with van der Waals surface area (Å²) < 4.78 is 0. The van der Waals surface area contributed by atoms with Gasteiger partial charge in [0, 0.05) is 6.54 Å². The van der Waals surface area contributed by atoms with Crippen LogP contribution in [0.3, 0.4) is 0 Å². The predicted octanol–water partition coefficient (Wildman–Crippen LogP) is 1.05. The molecule has 0 radical (unpaired) electrons. The van der Waals surface area contributed by atoms with E-state index in [2.05, 4.69) is 10.3 Å². The minimum Gasteiger partial charge on any atom is -0.392 e. The summed E-state index contributed by atoms with van der Waals surface area (Å²) >= 11 is 0. The van der Waals surface area contributed by atoms with Crippen molar-refractivity contribution in [1.29, 1.82) is 5.26 Å². The molecule has 0 bridgehead atoms. The normalized spacial score (nSPS) is 11.9. The van der Waals surface area contributed by atoms with Crippen molar-refractivity contribution in [3.63, 3.8) is 0 Å². The zero-order valence-electron chi connectivity index (χ0n) is 8.28. The highest BCUT2D eigenvalue weighted by molar-refractivity contribution is 5.42. The molecule has 0 spiro atoms. The molecular weight excluding hydrogens is 178 g/mol. The van der Waals surface area contributed by atoms with Crippen LogP contribution in [0.2, 0.25) is 0 Å². The van der Waals surface area contributed by atoms with Crippen LogP contribution in [0, 0.1) is 18.3 Å². The Balaban J connectivity index is 2.76. The molecule has 0 amide bonds. The second-order valence-corrected chi connectivity index (χ2v) is 3.20. The molecule has 0 aliphatic rings. The van der Waals surface area contributed by atoms with E-state index >= 15 is 0 Å². The van der Waals surface area contributed by atoms with Crippen molar-refractivity contribution in [1.82, 2.24) is 4.98 Å². The van der Waals surface area contributed by atoms with Gasteiger partial charge >= 0.3 is 0 Å². The predicted molar refractivity (Wildman–Crippen MR) is 53.9 cm³/mol. The molecule has 1 aromatic heterocycles. The maximum absolute atomic E-state index is 9.04. The fraction of sp³-hybridized carbons (Fsp3) is 0.400. The number of pyridine rings is 1. The Labute approximate surface area is 83.2 Å². The molecule has 0 fully saturated rings. The molecule has 1 atom stereocenters. The number of hydrogen-bond acceptors (Lipinski definition) is 4. The van der Waals surface area contributed by atoms with E-state index in [1.807, 2.05) is 19.1 Å². The Bertz CT molecular complexity index is 355. The van der Waals surface area contributed by atoms with Crippen LogP contribution in [-0.4, -0.2) is 22.7 Å². The van der Waals surface area contributed by atoms with Crippen LogP contribution in [0.1, 0.15) is 18.2 Å². The SMILES string of the molecule is Cc1ccc(NC[C@H](C)O)nc1C#N. The smallest absolute Gasteiger partial charge is 0.145 e. The number of nitriles is 1. The van der Waals surface area contributed by atoms with E-state index in [0.29, 0.717) is 18.1 Å².